The minimum Gasteiger partial charge on any atom is -0.394 e. The van der Waals surface area contributed by atoms with Crippen LogP contribution in [0.2, 0.25) is 0 Å². The Hall–Kier alpha value is -1.33. The number of hydrogen-bond donors (Lipinski definition) is 6. The van der Waals surface area contributed by atoms with Crippen LogP contribution < -0.4 is 5.32 Å². The molecule has 276 valence electrons. The molecular formula is C38H71NO8. The highest BCUT2D eigenvalue weighted by molar-refractivity contribution is 5.76. The molecule has 0 radical (unpaired) electrons. The Balaban J connectivity index is 2.44. The Bertz CT molecular complexity index is 792. The van der Waals surface area contributed by atoms with Crippen molar-refractivity contribution in [3.8, 4) is 0 Å². The van der Waals surface area contributed by atoms with Crippen LogP contribution in [-0.2, 0) is 14.3 Å². The van der Waals surface area contributed by atoms with Crippen LogP contribution in [0.15, 0.2) is 24.3 Å². The Kier molecular flexibility index (Phi) is 27.5. The number of aliphatic hydroxyl groups is 5. The van der Waals surface area contributed by atoms with Gasteiger partial charge < -0.3 is 40.3 Å². The third-order valence-electron chi connectivity index (χ3n) is 9.02. The molecule has 0 aromatic rings. The number of allylic oxidation sites excluding steroid dienone is 3. The Morgan fingerprint density at radius 1 is 0.702 bits per heavy atom. The molecule has 7 atom stereocenters. The van der Waals surface area contributed by atoms with E-state index < -0.39 is 49.5 Å². The summed E-state index contributed by atoms with van der Waals surface area (Å²) in [6, 6.07) is -0.803. The quantitative estimate of drug-likeness (QED) is 0.0381. The van der Waals surface area contributed by atoms with E-state index >= 15 is 0 Å². The lowest BCUT2D eigenvalue weighted by molar-refractivity contribution is -0.302. The fourth-order valence-electron chi connectivity index (χ4n) is 5.85. The number of unbranched alkanes of at least 4 members (excludes halogenated alkanes) is 18. The highest BCUT2D eigenvalue weighted by Crippen LogP contribution is 2.22. The van der Waals surface area contributed by atoms with Crippen LogP contribution in [0, 0.1) is 0 Å². The number of carbonyl (C=O) groups is 1. The van der Waals surface area contributed by atoms with Crippen molar-refractivity contribution in [3.63, 3.8) is 0 Å². The minimum atomic E-state index is -1.56. The lowest BCUT2D eigenvalue weighted by Gasteiger charge is -2.40. The van der Waals surface area contributed by atoms with Gasteiger partial charge in [0.05, 0.1) is 25.4 Å². The molecular weight excluding hydrogens is 598 g/mol. The maximum absolute atomic E-state index is 12.8. The second-order valence-electron chi connectivity index (χ2n) is 13.4. The van der Waals surface area contributed by atoms with E-state index in [9.17, 15) is 30.3 Å². The van der Waals surface area contributed by atoms with Crippen LogP contribution >= 0.6 is 0 Å². The van der Waals surface area contributed by atoms with Gasteiger partial charge in [0.1, 0.15) is 24.4 Å². The Labute approximate surface area is 286 Å². The van der Waals surface area contributed by atoms with Crippen molar-refractivity contribution in [1.29, 1.82) is 0 Å². The highest BCUT2D eigenvalue weighted by atomic mass is 16.7. The summed E-state index contributed by atoms with van der Waals surface area (Å²) in [5.74, 6) is -0.190. The van der Waals surface area contributed by atoms with Gasteiger partial charge in [0.2, 0.25) is 5.91 Å². The van der Waals surface area contributed by atoms with E-state index in [0.717, 1.165) is 57.8 Å². The normalized spacial score (nSPS) is 23.1. The third-order valence-corrected chi connectivity index (χ3v) is 9.02. The smallest absolute Gasteiger partial charge is 0.220 e. The average Bonchev–Trinajstić information content (AvgIpc) is 3.07. The van der Waals surface area contributed by atoms with Crippen molar-refractivity contribution in [2.24, 2.45) is 0 Å². The highest BCUT2D eigenvalue weighted by Gasteiger charge is 2.44. The van der Waals surface area contributed by atoms with Crippen LogP contribution in [-0.4, -0.2) is 87.5 Å². The van der Waals surface area contributed by atoms with Gasteiger partial charge in [0.25, 0.3) is 0 Å². The minimum absolute atomic E-state index is 0.190. The molecule has 1 aliphatic heterocycles. The van der Waals surface area contributed by atoms with Gasteiger partial charge in [-0.1, -0.05) is 128 Å². The van der Waals surface area contributed by atoms with Crippen molar-refractivity contribution >= 4 is 5.91 Å². The first-order valence-corrected chi connectivity index (χ1v) is 19.1. The fraction of sp³-hybridized carbons (Fsp3) is 0.868. The van der Waals surface area contributed by atoms with Gasteiger partial charge in [-0.2, -0.15) is 0 Å². The van der Waals surface area contributed by atoms with Crippen LogP contribution in [0.5, 0.6) is 0 Å². The van der Waals surface area contributed by atoms with E-state index in [2.05, 4.69) is 31.3 Å². The summed E-state index contributed by atoms with van der Waals surface area (Å²) in [6.45, 7) is 3.70. The van der Waals surface area contributed by atoms with Crippen LogP contribution in [0.4, 0.5) is 0 Å². The van der Waals surface area contributed by atoms with Crippen molar-refractivity contribution in [2.45, 2.75) is 198 Å². The molecule has 0 bridgehead atoms. The molecule has 0 saturated carbocycles. The third kappa shape index (κ3) is 21.4. The summed E-state index contributed by atoms with van der Waals surface area (Å²) in [7, 11) is 0. The van der Waals surface area contributed by atoms with Crippen molar-refractivity contribution in [3.05, 3.63) is 24.3 Å². The van der Waals surface area contributed by atoms with Crippen molar-refractivity contribution < 1.29 is 39.8 Å². The Morgan fingerprint density at radius 2 is 1.19 bits per heavy atom. The zero-order chi connectivity index (χ0) is 34.5. The monoisotopic (exact) mass is 670 g/mol. The maximum Gasteiger partial charge on any atom is 0.220 e. The maximum atomic E-state index is 12.8. The average molecular weight is 670 g/mol. The molecule has 2 unspecified atom stereocenters. The van der Waals surface area contributed by atoms with Crippen LogP contribution in [0.25, 0.3) is 0 Å². The van der Waals surface area contributed by atoms with Gasteiger partial charge in [-0.25, -0.2) is 0 Å². The predicted octanol–water partition coefficient (Wildman–Crippen LogP) is 6.38. The molecule has 47 heavy (non-hydrogen) atoms. The van der Waals surface area contributed by atoms with Gasteiger partial charge in [-0.15, -0.1) is 0 Å². The first-order valence-electron chi connectivity index (χ1n) is 19.1. The lowest BCUT2D eigenvalue weighted by atomic mass is 9.99. The first kappa shape index (κ1) is 43.7. The van der Waals surface area contributed by atoms with Crippen LogP contribution in [0.3, 0.4) is 0 Å². The molecule has 0 spiro atoms. The van der Waals surface area contributed by atoms with E-state index in [1.807, 2.05) is 6.08 Å². The predicted molar refractivity (Wildman–Crippen MR) is 189 cm³/mol. The summed E-state index contributed by atoms with van der Waals surface area (Å²) in [5, 5.41) is 53.7. The van der Waals surface area contributed by atoms with Crippen molar-refractivity contribution in [1.82, 2.24) is 5.32 Å². The first-order chi connectivity index (χ1) is 22.8. The standard InChI is InChI=1S/C38H71NO8/c1-3-5-7-9-11-13-14-15-16-17-18-20-22-24-26-28-34(42)39-31(32(41)27-25-23-21-19-12-10-8-6-4-2)30-46-38-37(45)36(44)35(43)33(29-40)47-38/h15-16,25,27,31-33,35-38,40-41,43-45H,3-14,17-24,26,28-30H2,1-2H3,(H,39,42)/b16-15+,27-25+/t31-,32+,33-,35-,36?,37?,38-/m0/s1. The van der Waals surface area contributed by atoms with Crippen molar-refractivity contribution in [2.75, 3.05) is 13.2 Å². The lowest BCUT2D eigenvalue weighted by Crippen LogP contribution is -2.60. The molecule has 0 aromatic carbocycles. The molecule has 1 saturated heterocycles. The van der Waals surface area contributed by atoms with E-state index in [4.69, 9.17) is 9.47 Å². The topological polar surface area (TPSA) is 149 Å². The Morgan fingerprint density at radius 3 is 1.72 bits per heavy atom. The van der Waals surface area contributed by atoms with Gasteiger partial charge in [0.15, 0.2) is 6.29 Å². The molecule has 1 aliphatic rings. The molecule has 1 heterocycles. The zero-order valence-corrected chi connectivity index (χ0v) is 29.8. The molecule has 1 rings (SSSR count). The summed E-state index contributed by atoms with van der Waals surface area (Å²) in [6.07, 6.45) is 25.1. The number of amides is 1. The molecule has 0 aliphatic carbocycles. The summed E-state index contributed by atoms with van der Waals surface area (Å²) >= 11 is 0. The summed E-state index contributed by atoms with van der Waals surface area (Å²) in [5.41, 5.74) is 0. The summed E-state index contributed by atoms with van der Waals surface area (Å²) in [4.78, 5) is 12.8. The van der Waals surface area contributed by atoms with Crippen LogP contribution in [0.1, 0.15) is 155 Å². The van der Waals surface area contributed by atoms with E-state index in [1.54, 1.807) is 6.08 Å². The molecule has 1 fully saturated rings. The largest absolute Gasteiger partial charge is 0.394 e. The molecule has 6 N–H and O–H groups in total. The fourth-order valence-corrected chi connectivity index (χ4v) is 5.85. The molecule has 9 heteroatoms. The van der Waals surface area contributed by atoms with E-state index in [0.29, 0.717) is 6.42 Å². The van der Waals surface area contributed by atoms with E-state index in [-0.39, 0.29) is 12.5 Å². The zero-order valence-electron chi connectivity index (χ0n) is 29.8. The summed E-state index contributed by atoms with van der Waals surface area (Å²) < 4.78 is 11.1. The molecule has 9 nitrogen and oxygen atoms in total. The number of rotatable bonds is 30. The van der Waals surface area contributed by atoms with Gasteiger partial charge in [0, 0.05) is 6.42 Å². The van der Waals surface area contributed by atoms with Gasteiger partial charge >= 0.3 is 0 Å². The molecule has 1 amide bonds. The number of nitrogens with one attached hydrogen (secondary N) is 1. The van der Waals surface area contributed by atoms with E-state index in [1.165, 1.54) is 77.0 Å². The number of ether oxygens (including phenoxy) is 2. The number of carbonyl (C=O) groups excluding carboxylic acids is 1. The second-order valence-corrected chi connectivity index (χ2v) is 13.4. The number of hydrogen-bond acceptors (Lipinski definition) is 8. The van der Waals surface area contributed by atoms with Gasteiger partial charge in [-0.3, -0.25) is 4.79 Å². The number of aliphatic hydroxyl groups excluding tert-OH is 5. The molecule has 0 aromatic heterocycles. The SMILES string of the molecule is CCCCCCCC/C=C/CCCCCCCC(=O)N[C@@H](CO[C@H]1O[C@@H](CO)[C@H](O)C(O)C1O)[C@H](O)/C=C/CCCCCCCCC. The van der Waals surface area contributed by atoms with Gasteiger partial charge in [-0.05, 0) is 44.9 Å². The second kappa shape index (κ2) is 29.6.